The second kappa shape index (κ2) is 6.78. The van der Waals surface area contributed by atoms with E-state index >= 15 is 0 Å². The first kappa shape index (κ1) is 14.9. The quantitative estimate of drug-likeness (QED) is 0.877. The summed E-state index contributed by atoms with van der Waals surface area (Å²) >= 11 is 0. The zero-order chi connectivity index (χ0) is 15.2. The Balaban J connectivity index is 2.01. The van der Waals surface area contributed by atoms with Crippen molar-refractivity contribution in [2.75, 3.05) is 21.3 Å². The third kappa shape index (κ3) is 3.75. The molecule has 0 saturated heterocycles. The Bertz CT molecular complexity index is 596. The summed E-state index contributed by atoms with van der Waals surface area (Å²) in [6.45, 7) is 0.530. The highest BCUT2D eigenvalue weighted by molar-refractivity contribution is 5.78. The van der Waals surface area contributed by atoms with Gasteiger partial charge in [-0.25, -0.2) is 0 Å². The van der Waals surface area contributed by atoms with Crippen molar-refractivity contribution < 1.29 is 14.3 Å². The standard InChI is InChI=1S/C15H19N3O3/c1-18(10-12-8-16-17-9-12)15(19)7-11-4-5-13(20-2)14(6-11)21-3/h4-6,8-9H,7,10H2,1-3H3,(H,16,17). The maximum atomic E-state index is 12.2. The van der Waals surface area contributed by atoms with E-state index in [1.54, 1.807) is 44.6 Å². The van der Waals surface area contributed by atoms with Crippen molar-refractivity contribution in [3.63, 3.8) is 0 Å². The minimum Gasteiger partial charge on any atom is -0.493 e. The van der Waals surface area contributed by atoms with Gasteiger partial charge in [0, 0.05) is 25.4 Å². The summed E-state index contributed by atoms with van der Waals surface area (Å²) in [6.07, 6.45) is 3.80. The molecule has 0 aliphatic rings. The predicted octanol–water partition coefficient (Wildman–Crippen LogP) is 1.63. The minimum absolute atomic E-state index is 0.0309. The summed E-state index contributed by atoms with van der Waals surface area (Å²) in [5, 5.41) is 6.60. The van der Waals surface area contributed by atoms with Crippen LogP contribution in [0.1, 0.15) is 11.1 Å². The maximum absolute atomic E-state index is 12.2. The van der Waals surface area contributed by atoms with E-state index in [4.69, 9.17) is 9.47 Å². The van der Waals surface area contributed by atoms with Crippen LogP contribution in [-0.2, 0) is 17.8 Å². The van der Waals surface area contributed by atoms with E-state index in [0.29, 0.717) is 24.5 Å². The minimum atomic E-state index is 0.0309. The predicted molar refractivity (Wildman–Crippen MR) is 78.3 cm³/mol. The Morgan fingerprint density at radius 2 is 2.00 bits per heavy atom. The monoisotopic (exact) mass is 289 g/mol. The lowest BCUT2D eigenvalue weighted by Crippen LogP contribution is -2.27. The Labute approximate surface area is 123 Å². The van der Waals surface area contributed by atoms with Crippen molar-refractivity contribution in [1.29, 1.82) is 0 Å². The fourth-order valence-electron chi connectivity index (χ4n) is 2.03. The van der Waals surface area contributed by atoms with Gasteiger partial charge in [-0.3, -0.25) is 9.89 Å². The molecule has 1 N–H and O–H groups in total. The van der Waals surface area contributed by atoms with Crippen molar-refractivity contribution in [3.8, 4) is 11.5 Å². The molecule has 6 nitrogen and oxygen atoms in total. The van der Waals surface area contributed by atoms with Gasteiger partial charge in [0.25, 0.3) is 0 Å². The topological polar surface area (TPSA) is 67.5 Å². The molecule has 21 heavy (non-hydrogen) atoms. The third-order valence-electron chi connectivity index (χ3n) is 3.20. The summed E-state index contributed by atoms with van der Waals surface area (Å²) in [6, 6.07) is 5.49. The van der Waals surface area contributed by atoms with Crippen LogP contribution in [0.5, 0.6) is 11.5 Å². The Kier molecular flexibility index (Phi) is 4.81. The van der Waals surface area contributed by atoms with Crippen molar-refractivity contribution in [1.82, 2.24) is 15.1 Å². The van der Waals surface area contributed by atoms with Gasteiger partial charge in [0.1, 0.15) is 0 Å². The van der Waals surface area contributed by atoms with Crippen molar-refractivity contribution >= 4 is 5.91 Å². The molecule has 2 rings (SSSR count). The van der Waals surface area contributed by atoms with Crippen molar-refractivity contribution in [2.24, 2.45) is 0 Å². The number of benzene rings is 1. The van der Waals surface area contributed by atoms with Gasteiger partial charge in [-0.2, -0.15) is 5.10 Å². The largest absolute Gasteiger partial charge is 0.493 e. The highest BCUT2D eigenvalue weighted by Crippen LogP contribution is 2.27. The molecule has 1 amide bonds. The number of aromatic nitrogens is 2. The number of ether oxygens (including phenoxy) is 2. The molecule has 112 valence electrons. The van der Waals surface area contributed by atoms with E-state index in [2.05, 4.69) is 10.2 Å². The Morgan fingerprint density at radius 3 is 2.62 bits per heavy atom. The molecular formula is C15H19N3O3. The van der Waals surface area contributed by atoms with Crippen LogP contribution in [0.3, 0.4) is 0 Å². The van der Waals surface area contributed by atoms with E-state index in [-0.39, 0.29) is 5.91 Å². The first-order valence-electron chi connectivity index (χ1n) is 6.56. The van der Waals surface area contributed by atoms with Gasteiger partial charge >= 0.3 is 0 Å². The van der Waals surface area contributed by atoms with Crippen LogP contribution in [0.2, 0.25) is 0 Å². The zero-order valence-electron chi connectivity index (χ0n) is 12.4. The number of aromatic amines is 1. The molecule has 0 spiro atoms. The lowest BCUT2D eigenvalue weighted by atomic mass is 10.1. The van der Waals surface area contributed by atoms with E-state index in [9.17, 15) is 4.79 Å². The smallest absolute Gasteiger partial charge is 0.227 e. The third-order valence-corrected chi connectivity index (χ3v) is 3.20. The van der Waals surface area contributed by atoms with E-state index in [1.165, 1.54) is 0 Å². The number of nitrogens with one attached hydrogen (secondary N) is 1. The fourth-order valence-corrected chi connectivity index (χ4v) is 2.03. The van der Waals surface area contributed by atoms with Gasteiger partial charge in [0.2, 0.25) is 5.91 Å². The number of rotatable bonds is 6. The van der Waals surface area contributed by atoms with Crippen molar-refractivity contribution in [3.05, 3.63) is 41.7 Å². The Morgan fingerprint density at radius 1 is 1.24 bits per heavy atom. The summed E-state index contributed by atoms with van der Waals surface area (Å²) in [5.41, 5.74) is 1.86. The van der Waals surface area contributed by atoms with Crippen LogP contribution in [0.4, 0.5) is 0 Å². The molecular weight excluding hydrogens is 270 g/mol. The van der Waals surface area contributed by atoms with Crippen LogP contribution >= 0.6 is 0 Å². The van der Waals surface area contributed by atoms with E-state index in [0.717, 1.165) is 11.1 Å². The second-order valence-electron chi connectivity index (χ2n) is 4.72. The van der Waals surface area contributed by atoms with Crippen LogP contribution in [0.25, 0.3) is 0 Å². The van der Waals surface area contributed by atoms with Gasteiger partial charge in [-0.05, 0) is 17.7 Å². The van der Waals surface area contributed by atoms with Crippen molar-refractivity contribution in [2.45, 2.75) is 13.0 Å². The summed E-state index contributed by atoms with van der Waals surface area (Å²) in [5.74, 6) is 1.31. The number of amides is 1. The van der Waals surface area contributed by atoms with Crippen LogP contribution in [0.15, 0.2) is 30.6 Å². The van der Waals surface area contributed by atoms with Gasteiger partial charge in [0.15, 0.2) is 11.5 Å². The number of hydrogen-bond acceptors (Lipinski definition) is 4. The van der Waals surface area contributed by atoms with Crippen LogP contribution < -0.4 is 9.47 Å². The molecule has 0 saturated carbocycles. The van der Waals surface area contributed by atoms with E-state index < -0.39 is 0 Å². The molecule has 2 aromatic rings. The average Bonchev–Trinajstić information content (AvgIpc) is 2.99. The average molecular weight is 289 g/mol. The molecule has 6 heteroatoms. The lowest BCUT2D eigenvalue weighted by Gasteiger charge is -2.16. The molecule has 0 aliphatic carbocycles. The molecule has 0 fully saturated rings. The maximum Gasteiger partial charge on any atom is 0.227 e. The van der Waals surface area contributed by atoms with Gasteiger partial charge in [-0.15, -0.1) is 0 Å². The molecule has 0 aliphatic heterocycles. The highest BCUT2D eigenvalue weighted by atomic mass is 16.5. The number of hydrogen-bond donors (Lipinski definition) is 1. The molecule has 0 atom stereocenters. The number of likely N-dealkylation sites (N-methyl/N-ethyl adjacent to an activating group) is 1. The first-order chi connectivity index (χ1) is 10.1. The molecule has 1 aromatic heterocycles. The normalized spacial score (nSPS) is 10.2. The summed E-state index contributed by atoms with van der Waals surface area (Å²) in [4.78, 5) is 13.9. The second-order valence-corrected chi connectivity index (χ2v) is 4.72. The molecule has 1 aromatic carbocycles. The molecule has 0 radical (unpaired) electrons. The summed E-state index contributed by atoms with van der Waals surface area (Å²) in [7, 11) is 4.94. The van der Waals surface area contributed by atoms with Gasteiger partial charge in [-0.1, -0.05) is 6.07 Å². The van der Waals surface area contributed by atoms with E-state index in [1.807, 2.05) is 12.1 Å². The molecule has 1 heterocycles. The van der Waals surface area contributed by atoms with Gasteiger partial charge in [0.05, 0.1) is 26.8 Å². The number of nitrogens with zero attached hydrogens (tertiary/aromatic N) is 2. The molecule has 0 bridgehead atoms. The van der Waals surface area contributed by atoms with Gasteiger partial charge < -0.3 is 14.4 Å². The zero-order valence-corrected chi connectivity index (χ0v) is 12.4. The SMILES string of the molecule is COc1ccc(CC(=O)N(C)Cc2cn[nH]c2)cc1OC. The number of H-pyrrole nitrogens is 1. The highest BCUT2D eigenvalue weighted by Gasteiger charge is 2.12. The Hall–Kier alpha value is -2.50. The van der Waals surface area contributed by atoms with Crippen LogP contribution in [-0.4, -0.2) is 42.3 Å². The summed E-state index contributed by atoms with van der Waals surface area (Å²) < 4.78 is 10.4. The molecule has 0 unspecified atom stereocenters. The number of methoxy groups -OCH3 is 2. The fraction of sp³-hybridized carbons (Fsp3) is 0.333. The lowest BCUT2D eigenvalue weighted by molar-refractivity contribution is -0.129. The van der Waals surface area contributed by atoms with Crippen LogP contribution in [0, 0.1) is 0 Å². The number of carbonyl (C=O) groups is 1. The first-order valence-corrected chi connectivity index (χ1v) is 6.56. The number of carbonyl (C=O) groups excluding carboxylic acids is 1.